The second-order valence-corrected chi connectivity index (χ2v) is 10.4. The second kappa shape index (κ2) is 10.3. The van der Waals surface area contributed by atoms with Crippen molar-refractivity contribution in [2.45, 2.75) is 103 Å². The van der Waals surface area contributed by atoms with Crippen molar-refractivity contribution >= 4 is 7.94 Å². The molecular formula is C19H38O7P+. The van der Waals surface area contributed by atoms with Crippen LogP contribution in [0, 0.1) is 0 Å². The first-order valence-electron chi connectivity index (χ1n) is 10.1. The molecule has 2 aliphatic rings. The van der Waals surface area contributed by atoms with Gasteiger partial charge in [-0.05, 0) is 41.5 Å². The molecule has 2 rings (SSSR count). The van der Waals surface area contributed by atoms with Crippen LogP contribution in [0.4, 0.5) is 0 Å². The van der Waals surface area contributed by atoms with E-state index in [0.29, 0.717) is 13.0 Å². The molecule has 2 heterocycles. The smallest absolute Gasteiger partial charge is 0.376 e. The van der Waals surface area contributed by atoms with Crippen LogP contribution < -0.4 is 0 Å². The van der Waals surface area contributed by atoms with Gasteiger partial charge in [0.2, 0.25) is 0 Å². The van der Waals surface area contributed by atoms with Gasteiger partial charge in [-0.3, -0.25) is 0 Å². The van der Waals surface area contributed by atoms with Gasteiger partial charge in [0.25, 0.3) is 0 Å². The van der Waals surface area contributed by atoms with Crippen LogP contribution in [-0.2, 0) is 28.0 Å². The lowest BCUT2D eigenvalue weighted by Crippen LogP contribution is -2.33. The van der Waals surface area contributed by atoms with Gasteiger partial charge in [-0.1, -0.05) is 0 Å². The Morgan fingerprint density at radius 2 is 1.48 bits per heavy atom. The van der Waals surface area contributed by atoms with E-state index in [1.165, 1.54) is 0 Å². The maximum Gasteiger partial charge on any atom is 0.406 e. The lowest BCUT2D eigenvalue weighted by Gasteiger charge is -2.24. The van der Waals surface area contributed by atoms with E-state index in [9.17, 15) is 4.89 Å². The van der Waals surface area contributed by atoms with Crippen LogP contribution in [0.5, 0.6) is 0 Å². The predicted octanol–water partition coefficient (Wildman–Crippen LogP) is 3.35. The van der Waals surface area contributed by atoms with Gasteiger partial charge in [-0.15, -0.1) is 0 Å². The molecule has 8 heteroatoms. The molecule has 27 heavy (non-hydrogen) atoms. The van der Waals surface area contributed by atoms with Crippen LogP contribution in [0.1, 0.15) is 54.4 Å². The standard InChI is InChI=1S/C19H38O7P/c1-12(2)21-10-18-17(9-15(6)24-18)26-27(7,20)22-11-19-16(23-13(3)4)8-14(5)25-19/h12-20H,8-11H2,1-7H3/q+1/t14-,15-,16?,17+,18+,19+,27?/m0/s1. The molecule has 7 nitrogen and oxygen atoms in total. The normalized spacial score (nSPS) is 36.7. The molecule has 0 aromatic heterocycles. The number of rotatable bonds is 10. The summed E-state index contributed by atoms with van der Waals surface area (Å²) in [6.07, 6.45) is 1.31. The van der Waals surface area contributed by atoms with E-state index < -0.39 is 7.94 Å². The summed E-state index contributed by atoms with van der Waals surface area (Å²) in [6, 6.07) is 0. The van der Waals surface area contributed by atoms with Crippen molar-refractivity contribution in [2.24, 2.45) is 0 Å². The minimum atomic E-state index is -3.01. The Bertz CT molecular complexity index is 446. The summed E-state index contributed by atoms with van der Waals surface area (Å²) in [7, 11) is -3.01. The molecule has 2 aliphatic heterocycles. The molecule has 0 radical (unpaired) electrons. The van der Waals surface area contributed by atoms with Crippen molar-refractivity contribution in [3.63, 3.8) is 0 Å². The molecule has 7 atom stereocenters. The molecule has 2 unspecified atom stereocenters. The second-order valence-electron chi connectivity index (χ2n) is 8.29. The van der Waals surface area contributed by atoms with Gasteiger partial charge in [0, 0.05) is 12.8 Å². The third-order valence-electron chi connectivity index (χ3n) is 4.62. The molecule has 1 N–H and O–H groups in total. The SMILES string of the molecule is CC(C)OC[C@H]1O[C@@H](C)C[C@H]1O[P+](C)(O)OC[C@H]1O[C@@H](C)CC1OC(C)C. The topological polar surface area (TPSA) is 75.6 Å². The monoisotopic (exact) mass is 409 g/mol. The van der Waals surface area contributed by atoms with Gasteiger partial charge in [0.15, 0.2) is 0 Å². The van der Waals surface area contributed by atoms with Crippen molar-refractivity contribution < 1.29 is 32.9 Å². The van der Waals surface area contributed by atoms with Crippen molar-refractivity contribution in [1.82, 2.24) is 0 Å². The summed E-state index contributed by atoms with van der Waals surface area (Å²) in [5.74, 6) is 0. The molecule has 0 bridgehead atoms. The van der Waals surface area contributed by atoms with E-state index in [2.05, 4.69) is 0 Å². The summed E-state index contributed by atoms with van der Waals surface area (Å²) in [6.45, 7) is 14.3. The quantitative estimate of drug-likeness (QED) is 0.555. The number of ether oxygens (including phenoxy) is 4. The van der Waals surface area contributed by atoms with Crippen molar-refractivity contribution in [2.75, 3.05) is 19.9 Å². The number of hydrogen-bond acceptors (Lipinski definition) is 7. The first kappa shape index (κ1) is 23.4. The molecule has 160 valence electrons. The number of hydrogen-bond donors (Lipinski definition) is 1. The summed E-state index contributed by atoms with van der Waals surface area (Å²) in [5.41, 5.74) is 0. The van der Waals surface area contributed by atoms with Crippen molar-refractivity contribution in [1.29, 1.82) is 0 Å². The minimum absolute atomic E-state index is 0.0259. The lowest BCUT2D eigenvalue weighted by molar-refractivity contribution is -0.0679. The average molecular weight is 409 g/mol. The zero-order valence-corrected chi connectivity index (χ0v) is 18.7. The third-order valence-corrected chi connectivity index (χ3v) is 5.91. The molecule has 0 aromatic carbocycles. The lowest BCUT2D eigenvalue weighted by atomic mass is 10.1. The molecular weight excluding hydrogens is 371 g/mol. The Balaban J connectivity index is 1.85. The van der Waals surface area contributed by atoms with E-state index in [4.69, 9.17) is 28.0 Å². The fourth-order valence-corrected chi connectivity index (χ4v) is 4.73. The molecule has 0 aromatic rings. The minimum Gasteiger partial charge on any atom is -0.376 e. The van der Waals surface area contributed by atoms with Gasteiger partial charge in [-0.2, -0.15) is 13.9 Å². The highest BCUT2D eigenvalue weighted by Gasteiger charge is 2.46. The van der Waals surface area contributed by atoms with Crippen LogP contribution in [0.3, 0.4) is 0 Å². The van der Waals surface area contributed by atoms with Gasteiger partial charge >= 0.3 is 7.94 Å². The molecule has 0 saturated carbocycles. The Labute approximate surface area is 164 Å². The van der Waals surface area contributed by atoms with E-state index in [-0.39, 0.29) is 55.4 Å². The molecule has 0 aliphatic carbocycles. The first-order valence-corrected chi connectivity index (χ1v) is 12.1. The van der Waals surface area contributed by atoms with E-state index >= 15 is 0 Å². The van der Waals surface area contributed by atoms with Crippen LogP contribution in [-0.4, -0.2) is 73.6 Å². The maximum atomic E-state index is 10.7. The summed E-state index contributed by atoms with van der Waals surface area (Å²) < 4.78 is 35.1. The Hall–Kier alpha value is 0.150. The summed E-state index contributed by atoms with van der Waals surface area (Å²) >= 11 is 0. The van der Waals surface area contributed by atoms with E-state index in [1.54, 1.807) is 6.66 Å². The molecule has 0 spiro atoms. The Morgan fingerprint density at radius 1 is 0.926 bits per heavy atom. The van der Waals surface area contributed by atoms with Gasteiger partial charge < -0.3 is 18.9 Å². The van der Waals surface area contributed by atoms with Crippen molar-refractivity contribution in [3.05, 3.63) is 0 Å². The van der Waals surface area contributed by atoms with Crippen LogP contribution >= 0.6 is 7.94 Å². The Morgan fingerprint density at radius 3 is 2.04 bits per heavy atom. The van der Waals surface area contributed by atoms with E-state index in [0.717, 1.165) is 6.42 Å². The van der Waals surface area contributed by atoms with Gasteiger partial charge in [0.1, 0.15) is 31.6 Å². The molecule has 2 fully saturated rings. The summed E-state index contributed by atoms with van der Waals surface area (Å²) in [5, 5.41) is 0. The average Bonchev–Trinajstić information content (AvgIpc) is 3.04. The highest BCUT2D eigenvalue weighted by molar-refractivity contribution is 7.59. The van der Waals surface area contributed by atoms with Crippen LogP contribution in [0.2, 0.25) is 0 Å². The Kier molecular flexibility index (Phi) is 8.90. The fraction of sp³-hybridized carbons (Fsp3) is 1.00. The van der Waals surface area contributed by atoms with Gasteiger partial charge in [-0.25, -0.2) is 0 Å². The van der Waals surface area contributed by atoms with Crippen LogP contribution in [0.15, 0.2) is 0 Å². The molecule has 2 saturated heterocycles. The van der Waals surface area contributed by atoms with Crippen molar-refractivity contribution in [3.8, 4) is 0 Å². The van der Waals surface area contributed by atoms with Crippen LogP contribution in [0.25, 0.3) is 0 Å². The zero-order chi connectivity index (χ0) is 20.2. The third kappa shape index (κ3) is 7.82. The first-order chi connectivity index (χ1) is 12.6. The highest BCUT2D eigenvalue weighted by Crippen LogP contribution is 2.56. The largest absolute Gasteiger partial charge is 0.406 e. The van der Waals surface area contributed by atoms with E-state index in [1.807, 2.05) is 41.5 Å². The van der Waals surface area contributed by atoms with Gasteiger partial charge in [0.05, 0.1) is 37.1 Å². The fourth-order valence-electron chi connectivity index (χ4n) is 3.52. The predicted molar refractivity (Wildman–Crippen MR) is 105 cm³/mol. The maximum absolute atomic E-state index is 10.7. The zero-order valence-electron chi connectivity index (χ0n) is 17.8. The highest BCUT2D eigenvalue weighted by atomic mass is 31.2. The summed E-state index contributed by atoms with van der Waals surface area (Å²) in [4.78, 5) is 10.7. The molecule has 0 amide bonds.